The van der Waals surface area contributed by atoms with Gasteiger partial charge in [0.25, 0.3) is 5.69 Å². The summed E-state index contributed by atoms with van der Waals surface area (Å²) in [5.74, 6) is -1.47. The van der Waals surface area contributed by atoms with Gasteiger partial charge >= 0.3 is 0 Å². The molecule has 0 amide bonds. The molecular formula is C15H12BrClFNO4. The number of aliphatic hydroxyl groups is 1. The number of benzene rings is 2. The highest BCUT2D eigenvalue weighted by atomic mass is 79.9. The Morgan fingerprint density at radius 1 is 1.43 bits per heavy atom. The van der Waals surface area contributed by atoms with Gasteiger partial charge in [-0.15, -0.1) is 0 Å². The Morgan fingerprint density at radius 2 is 2.13 bits per heavy atom. The Bertz CT molecular complexity index is 733. The molecule has 0 spiro atoms. The van der Waals surface area contributed by atoms with Crippen LogP contribution in [-0.2, 0) is 0 Å². The smallest absolute Gasteiger partial charge is 0.273 e. The van der Waals surface area contributed by atoms with E-state index in [1.165, 1.54) is 31.4 Å². The van der Waals surface area contributed by atoms with Gasteiger partial charge in [0.1, 0.15) is 11.6 Å². The number of hydrogen-bond acceptors (Lipinski definition) is 4. The van der Waals surface area contributed by atoms with E-state index in [2.05, 4.69) is 15.9 Å². The van der Waals surface area contributed by atoms with Crippen molar-refractivity contribution >= 4 is 33.2 Å². The zero-order chi connectivity index (χ0) is 17.1. The largest absolute Gasteiger partial charge is 0.497 e. The molecule has 1 N–H and O–H groups in total. The van der Waals surface area contributed by atoms with Crippen LogP contribution in [0.2, 0.25) is 5.02 Å². The van der Waals surface area contributed by atoms with Crippen molar-refractivity contribution in [2.75, 3.05) is 13.7 Å². The summed E-state index contributed by atoms with van der Waals surface area (Å²) >= 11 is 9.32. The van der Waals surface area contributed by atoms with Crippen molar-refractivity contribution in [1.29, 1.82) is 0 Å². The molecule has 0 aromatic heterocycles. The normalized spacial score (nSPS) is 12.0. The molecule has 1 atom stereocenters. The van der Waals surface area contributed by atoms with Crippen LogP contribution in [0, 0.1) is 15.9 Å². The van der Waals surface area contributed by atoms with Crippen molar-refractivity contribution in [2.45, 2.75) is 5.92 Å². The summed E-state index contributed by atoms with van der Waals surface area (Å²) in [4.78, 5) is 10.6. The Kier molecular flexibility index (Phi) is 5.56. The number of nitro groups is 1. The molecule has 0 saturated heterocycles. The maximum absolute atomic E-state index is 14.4. The highest BCUT2D eigenvalue weighted by Crippen LogP contribution is 2.39. The molecule has 2 aromatic rings. The molecule has 0 saturated carbocycles. The molecule has 1 unspecified atom stereocenters. The number of nitro benzene ring substituents is 1. The highest BCUT2D eigenvalue weighted by Gasteiger charge is 2.28. The average Bonchev–Trinajstić information content (AvgIpc) is 2.50. The summed E-state index contributed by atoms with van der Waals surface area (Å²) < 4.78 is 19.9. The minimum Gasteiger partial charge on any atom is -0.497 e. The van der Waals surface area contributed by atoms with Gasteiger partial charge in [-0.2, -0.15) is 0 Å². The number of aliphatic hydroxyl groups excluding tert-OH is 1. The Hall–Kier alpha value is -1.70. The molecule has 5 nitrogen and oxygen atoms in total. The third kappa shape index (κ3) is 3.63. The van der Waals surface area contributed by atoms with Gasteiger partial charge in [-0.1, -0.05) is 27.5 Å². The van der Waals surface area contributed by atoms with Crippen molar-refractivity contribution in [3.8, 4) is 5.75 Å². The fourth-order valence-corrected chi connectivity index (χ4v) is 3.04. The Morgan fingerprint density at radius 3 is 2.65 bits per heavy atom. The lowest BCUT2D eigenvalue weighted by Crippen LogP contribution is -2.11. The van der Waals surface area contributed by atoms with E-state index in [0.29, 0.717) is 4.47 Å². The summed E-state index contributed by atoms with van der Waals surface area (Å²) in [6, 6.07) is 6.78. The van der Waals surface area contributed by atoms with Gasteiger partial charge in [-0.3, -0.25) is 10.1 Å². The Labute approximate surface area is 144 Å². The third-order valence-electron chi connectivity index (χ3n) is 3.38. The third-order valence-corrected chi connectivity index (χ3v) is 4.19. The molecule has 2 rings (SSSR count). The summed E-state index contributed by atoms with van der Waals surface area (Å²) in [6.45, 7) is -0.541. The molecule has 0 bridgehead atoms. The van der Waals surface area contributed by atoms with Gasteiger partial charge in [0, 0.05) is 33.7 Å². The number of methoxy groups -OCH3 is 1. The van der Waals surface area contributed by atoms with E-state index in [-0.39, 0.29) is 27.6 Å². The van der Waals surface area contributed by atoms with E-state index in [4.69, 9.17) is 16.3 Å². The van der Waals surface area contributed by atoms with E-state index in [1.807, 2.05) is 0 Å². The minimum atomic E-state index is -0.980. The second-order valence-corrected chi connectivity index (χ2v) is 6.02. The maximum atomic E-state index is 14.4. The molecule has 0 radical (unpaired) electrons. The van der Waals surface area contributed by atoms with Crippen LogP contribution < -0.4 is 4.74 Å². The lowest BCUT2D eigenvalue weighted by atomic mass is 9.90. The lowest BCUT2D eigenvalue weighted by Gasteiger charge is -2.18. The first kappa shape index (κ1) is 17.7. The lowest BCUT2D eigenvalue weighted by molar-refractivity contribution is -0.385. The van der Waals surface area contributed by atoms with E-state index in [0.717, 1.165) is 6.07 Å². The molecule has 0 aliphatic carbocycles. The first-order valence-corrected chi connectivity index (χ1v) is 7.63. The van der Waals surface area contributed by atoms with Crippen molar-refractivity contribution in [3.63, 3.8) is 0 Å². The number of ether oxygens (including phenoxy) is 1. The van der Waals surface area contributed by atoms with Crippen LogP contribution >= 0.6 is 27.5 Å². The van der Waals surface area contributed by atoms with Crippen LogP contribution in [-0.4, -0.2) is 23.7 Å². The average molecular weight is 405 g/mol. The SMILES string of the molecule is COc1cc(F)c(C(CO)c2cc(Br)ccc2[N+](=O)[O-])c(Cl)c1. The van der Waals surface area contributed by atoms with Crippen LogP contribution in [0.1, 0.15) is 17.0 Å². The van der Waals surface area contributed by atoms with Gasteiger partial charge in [0.2, 0.25) is 0 Å². The summed E-state index contributed by atoms with van der Waals surface area (Å²) in [5, 5.41) is 21.0. The van der Waals surface area contributed by atoms with Crippen LogP contribution in [0.3, 0.4) is 0 Å². The van der Waals surface area contributed by atoms with Crippen LogP contribution in [0.25, 0.3) is 0 Å². The van der Waals surface area contributed by atoms with Gasteiger partial charge in [-0.25, -0.2) is 4.39 Å². The minimum absolute atomic E-state index is 0.0174. The maximum Gasteiger partial charge on any atom is 0.273 e. The van der Waals surface area contributed by atoms with E-state index >= 15 is 0 Å². The summed E-state index contributed by atoms with van der Waals surface area (Å²) in [5.41, 5.74) is -0.0763. The highest BCUT2D eigenvalue weighted by molar-refractivity contribution is 9.10. The number of halogens is 3. The number of hydrogen-bond donors (Lipinski definition) is 1. The van der Waals surface area contributed by atoms with Crippen LogP contribution in [0.5, 0.6) is 5.75 Å². The standard InChI is InChI=1S/C15H12BrClFNO4/c1-23-9-5-12(17)15(13(18)6-9)11(7-20)10-4-8(16)2-3-14(10)19(21)22/h2-6,11,20H,7H2,1H3. The molecule has 23 heavy (non-hydrogen) atoms. The fourth-order valence-electron chi connectivity index (χ4n) is 2.33. The van der Waals surface area contributed by atoms with E-state index < -0.39 is 23.3 Å². The molecular weight excluding hydrogens is 393 g/mol. The molecule has 8 heteroatoms. The predicted molar refractivity (Wildman–Crippen MR) is 87.7 cm³/mol. The van der Waals surface area contributed by atoms with Crippen molar-refractivity contribution < 1.29 is 19.2 Å². The Balaban J connectivity index is 2.66. The zero-order valence-electron chi connectivity index (χ0n) is 11.9. The van der Waals surface area contributed by atoms with E-state index in [1.54, 1.807) is 0 Å². The monoisotopic (exact) mass is 403 g/mol. The predicted octanol–water partition coefficient (Wildman–Crippen LogP) is 4.28. The summed E-state index contributed by atoms with van der Waals surface area (Å²) in [6.07, 6.45) is 0. The molecule has 0 aliphatic heterocycles. The second-order valence-electron chi connectivity index (χ2n) is 4.70. The first-order valence-electron chi connectivity index (χ1n) is 6.46. The van der Waals surface area contributed by atoms with Crippen molar-refractivity contribution in [1.82, 2.24) is 0 Å². The van der Waals surface area contributed by atoms with Gasteiger partial charge in [0.05, 0.1) is 23.7 Å². The van der Waals surface area contributed by atoms with Gasteiger partial charge < -0.3 is 9.84 Å². The molecule has 2 aromatic carbocycles. The van der Waals surface area contributed by atoms with Gasteiger partial charge in [0.15, 0.2) is 0 Å². The van der Waals surface area contributed by atoms with E-state index in [9.17, 15) is 19.6 Å². The first-order chi connectivity index (χ1) is 10.9. The van der Waals surface area contributed by atoms with Gasteiger partial charge in [-0.05, 0) is 18.2 Å². The summed E-state index contributed by atoms with van der Waals surface area (Å²) in [7, 11) is 1.37. The number of nitrogens with zero attached hydrogens (tertiary/aromatic N) is 1. The number of rotatable bonds is 5. The van der Waals surface area contributed by atoms with Crippen molar-refractivity contribution in [3.05, 3.63) is 66.9 Å². The topological polar surface area (TPSA) is 72.6 Å². The quantitative estimate of drug-likeness (QED) is 0.596. The molecule has 0 heterocycles. The zero-order valence-corrected chi connectivity index (χ0v) is 14.3. The van der Waals surface area contributed by atoms with Crippen LogP contribution in [0.4, 0.5) is 10.1 Å². The van der Waals surface area contributed by atoms with Crippen LogP contribution in [0.15, 0.2) is 34.8 Å². The second kappa shape index (κ2) is 7.25. The van der Waals surface area contributed by atoms with Crippen molar-refractivity contribution in [2.24, 2.45) is 0 Å². The molecule has 0 fully saturated rings. The fraction of sp³-hybridized carbons (Fsp3) is 0.200. The molecule has 122 valence electrons. The molecule has 0 aliphatic rings.